The average Bonchev–Trinajstić information content (AvgIpc) is 3.09. The predicted octanol–water partition coefficient (Wildman–Crippen LogP) is 4.84. The quantitative estimate of drug-likeness (QED) is 0.573. The molecule has 7 heteroatoms. The van der Waals surface area contributed by atoms with Crippen molar-refractivity contribution in [2.24, 2.45) is 0 Å². The fourth-order valence-electron chi connectivity index (χ4n) is 2.41. The first-order valence-corrected chi connectivity index (χ1v) is 10.2. The van der Waals surface area contributed by atoms with Gasteiger partial charge in [-0.05, 0) is 48.0 Å². The van der Waals surface area contributed by atoms with E-state index in [1.54, 1.807) is 18.3 Å². The van der Waals surface area contributed by atoms with Gasteiger partial charge >= 0.3 is 5.97 Å². The molecule has 27 heavy (non-hydrogen) atoms. The lowest BCUT2D eigenvalue weighted by molar-refractivity contribution is -0.143. The Kier molecular flexibility index (Phi) is 6.47. The van der Waals surface area contributed by atoms with E-state index in [0.717, 1.165) is 15.6 Å². The van der Waals surface area contributed by atoms with Crippen molar-refractivity contribution in [2.75, 3.05) is 11.1 Å². The van der Waals surface area contributed by atoms with Gasteiger partial charge in [0.25, 0.3) is 0 Å². The minimum atomic E-state index is -0.464. The maximum absolute atomic E-state index is 12.9. The van der Waals surface area contributed by atoms with Crippen LogP contribution in [0, 0.1) is 5.82 Å². The first-order valence-electron chi connectivity index (χ1n) is 8.31. The molecule has 0 saturated carbocycles. The normalized spacial score (nSPS) is 11.9. The molecule has 1 amide bonds. The molecule has 1 aromatic heterocycles. The summed E-state index contributed by atoms with van der Waals surface area (Å²) in [4.78, 5) is 24.1. The van der Waals surface area contributed by atoms with Gasteiger partial charge in [-0.1, -0.05) is 18.2 Å². The molecule has 1 N–H and O–H groups in total. The molecular formula is C20H18FNO3S2. The van der Waals surface area contributed by atoms with Crippen molar-refractivity contribution in [3.63, 3.8) is 0 Å². The summed E-state index contributed by atoms with van der Waals surface area (Å²) in [5.74, 6) is -0.869. The van der Waals surface area contributed by atoms with Crippen LogP contribution in [-0.4, -0.2) is 22.9 Å². The van der Waals surface area contributed by atoms with E-state index in [2.05, 4.69) is 5.32 Å². The van der Waals surface area contributed by atoms with Crippen LogP contribution < -0.4 is 5.32 Å². The summed E-state index contributed by atoms with van der Waals surface area (Å²) < 4.78 is 19.4. The number of rotatable bonds is 7. The van der Waals surface area contributed by atoms with Gasteiger partial charge in [-0.3, -0.25) is 9.59 Å². The number of halogens is 1. The second-order valence-electron chi connectivity index (χ2n) is 5.87. The van der Waals surface area contributed by atoms with Crippen LogP contribution in [0.25, 0.3) is 10.1 Å². The summed E-state index contributed by atoms with van der Waals surface area (Å²) in [6.45, 7) is 1.93. The van der Waals surface area contributed by atoms with Crippen molar-refractivity contribution in [2.45, 2.75) is 18.8 Å². The number of thioether (sulfide) groups is 1. The number of nitrogens with one attached hydrogen (secondary N) is 1. The van der Waals surface area contributed by atoms with E-state index in [0.29, 0.717) is 5.69 Å². The molecule has 0 radical (unpaired) electrons. The molecule has 4 nitrogen and oxygen atoms in total. The zero-order valence-electron chi connectivity index (χ0n) is 14.6. The smallest absolute Gasteiger partial charge is 0.319 e. The van der Waals surface area contributed by atoms with Gasteiger partial charge in [-0.15, -0.1) is 23.1 Å². The van der Waals surface area contributed by atoms with E-state index in [9.17, 15) is 14.0 Å². The highest BCUT2D eigenvalue weighted by Crippen LogP contribution is 2.26. The van der Waals surface area contributed by atoms with E-state index in [1.165, 1.54) is 36.0 Å². The highest BCUT2D eigenvalue weighted by Gasteiger charge is 2.17. The molecule has 0 bridgehead atoms. The van der Waals surface area contributed by atoms with E-state index in [4.69, 9.17) is 4.74 Å². The van der Waals surface area contributed by atoms with Crippen LogP contribution >= 0.6 is 23.1 Å². The minimum Gasteiger partial charge on any atom is -0.460 e. The summed E-state index contributed by atoms with van der Waals surface area (Å²) in [5, 5.41) is 5.28. The monoisotopic (exact) mass is 403 g/mol. The Bertz CT molecular complexity index is 940. The van der Waals surface area contributed by atoms with Gasteiger partial charge in [0.1, 0.15) is 17.7 Å². The molecule has 140 valence electrons. The van der Waals surface area contributed by atoms with Crippen LogP contribution in [0.4, 0.5) is 10.1 Å². The Morgan fingerprint density at radius 3 is 2.70 bits per heavy atom. The van der Waals surface area contributed by atoms with Crippen molar-refractivity contribution in [1.82, 2.24) is 0 Å². The van der Waals surface area contributed by atoms with Crippen LogP contribution in [0.3, 0.4) is 0 Å². The number of anilines is 1. The lowest BCUT2D eigenvalue weighted by atomic mass is 10.2. The van der Waals surface area contributed by atoms with E-state index in [-0.39, 0.29) is 30.1 Å². The van der Waals surface area contributed by atoms with Gasteiger partial charge in [0.15, 0.2) is 0 Å². The number of hydrogen-bond acceptors (Lipinski definition) is 5. The van der Waals surface area contributed by atoms with Crippen LogP contribution in [0.2, 0.25) is 0 Å². The van der Waals surface area contributed by atoms with Gasteiger partial charge in [-0.25, -0.2) is 4.39 Å². The molecule has 0 aliphatic heterocycles. The Hall–Kier alpha value is -2.38. The minimum absolute atomic E-state index is 0.106. The molecule has 1 atom stereocenters. The first kappa shape index (κ1) is 19.4. The Labute approximate surface area is 164 Å². The summed E-state index contributed by atoms with van der Waals surface area (Å²) in [5.41, 5.74) is 1.50. The molecule has 1 unspecified atom stereocenters. The second kappa shape index (κ2) is 9.01. The highest BCUT2D eigenvalue weighted by atomic mass is 32.2. The number of carbonyl (C=O) groups excluding carboxylic acids is 2. The largest absolute Gasteiger partial charge is 0.460 e. The van der Waals surface area contributed by atoms with Gasteiger partial charge in [0.2, 0.25) is 5.91 Å². The molecule has 0 fully saturated rings. The number of amides is 1. The number of hydrogen-bond donors (Lipinski definition) is 1. The average molecular weight is 404 g/mol. The van der Waals surface area contributed by atoms with Crippen molar-refractivity contribution in [3.8, 4) is 0 Å². The number of benzene rings is 2. The summed E-state index contributed by atoms with van der Waals surface area (Å²) >= 11 is 2.81. The number of thiophene rings is 1. The van der Waals surface area contributed by atoms with Crippen molar-refractivity contribution in [3.05, 3.63) is 65.3 Å². The second-order valence-corrected chi connectivity index (χ2v) is 8.11. The summed E-state index contributed by atoms with van der Waals surface area (Å²) in [7, 11) is 0. The topological polar surface area (TPSA) is 55.4 Å². The third-order valence-electron chi connectivity index (χ3n) is 3.86. The zero-order chi connectivity index (χ0) is 19.2. The molecule has 3 rings (SSSR count). The Balaban J connectivity index is 1.44. The standard InChI is InChI=1S/C20H18FNO3S2/c1-13(26-12-19(23)22-16-8-6-15(21)7-9-16)20(24)25-10-14-11-27-18-5-3-2-4-17(14)18/h2-9,11,13H,10,12H2,1H3,(H,22,23). The zero-order valence-corrected chi connectivity index (χ0v) is 16.2. The molecular weight excluding hydrogens is 385 g/mol. The van der Waals surface area contributed by atoms with Crippen LogP contribution in [-0.2, 0) is 20.9 Å². The molecule has 0 aliphatic rings. The number of ether oxygens (including phenoxy) is 1. The Morgan fingerprint density at radius 2 is 1.93 bits per heavy atom. The maximum atomic E-state index is 12.9. The van der Waals surface area contributed by atoms with Gasteiger partial charge in [-0.2, -0.15) is 0 Å². The molecule has 3 aromatic rings. The molecule has 0 aliphatic carbocycles. The fraction of sp³-hybridized carbons (Fsp3) is 0.200. The van der Waals surface area contributed by atoms with Crippen molar-refractivity contribution >= 4 is 50.7 Å². The summed E-state index contributed by atoms with van der Waals surface area (Å²) in [6, 6.07) is 13.5. The SMILES string of the molecule is CC(SCC(=O)Nc1ccc(F)cc1)C(=O)OCc1csc2ccccc12. The molecule has 2 aromatic carbocycles. The van der Waals surface area contributed by atoms with Crippen LogP contribution in [0.15, 0.2) is 53.9 Å². The third kappa shape index (κ3) is 5.30. The van der Waals surface area contributed by atoms with Gasteiger partial charge < -0.3 is 10.1 Å². The molecule has 0 spiro atoms. The van der Waals surface area contributed by atoms with Gasteiger partial charge in [0.05, 0.1) is 5.75 Å². The lowest BCUT2D eigenvalue weighted by Crippen LogP contribution is -2.21. The van der Waals surface area contributed by atoms with E-state index >= 15 is 0 Å². The number of fused-ring (bicyclic) bond motifs is 1. The van der Waals surface area contributed by atoms with Crippen LogP contribution in [0.5, 0.6) is 0 Å². The number of carbonyl (C=O) groups is 2. The first-order chi connectivity index (χ1) is 13.0. The fourth-order valence-corrected chi connectivity index (χ4v) is 4.03. The molecule has 1 heterocycles. The predicted molar refractivity (Wildman–Crippen MR) is 109 cm³/mol. The third-order valence-corrected chi connectivity index (χ3v) is 5.99. The van der Waals surface area contributed by atoms with E-state index in [1.807, 2.05) is 29.6 Å². The van der Waals surface area contributed by atoms with Gasteiger partial charge in [0, 0.05) is 16.0 Å². The molecule has 0 saturated heterocycles. The number of esters is 1. The van der Waals surface area contributed by atoms with Crippen molar-refractivity contribution in [1.29, 1.82) is 0 Å². The van der Waals surface area contributed by atoms with Crippen LogP contribution in [0.1, 0.15) is 12.5 Å². The van der Waals surface area contributed by atoms with Crippen molar-refractivity contribution < 1.29 is 18.7 Å². The van der Waals surface area contributed by atoms with E-state index < -0.39 is 5.25 Å². The lowest BCUT2D eigenvalue weighted by Gasteiger charge is -2.11. The highest BCUT2D eigenvalue weighted by molar-refractivity contribution is 8.01. The Morgan fingerprint density at radius 1 is 1.19 bits per heavy atom. The summed E-state index contributed by atoms with van der Waals surface area (Å²) in [6.07, 6.45) is 0. The maximum Gasteiger partial charge on any atom is 0.319 e.